The van der Waals surface area contributed by atoms with Crippen LogP contribution in [-0.2, 0) is 25.7 Å². The molecule has 0 spiro atoms. The van der Waals surface area contributed by atoms with Gasteiger partial charge in [-0.3, -0.25) is 9.69 Å². The van der Waals surface area contributed by atoms with Crippen molar-refractivity contribution in [2.75, 3.05) is 6.54 Å². The van der Waals surface area contributed by atoms with Gasteiger partial charge in [0, 0.05) is 54.0 Å². The van der Waals surface area contributed by atoms with Crippen LogP contribution in [0.4, 0.5) is 13.2 Å². The molecule has 174 valence electrons. The van der Waals surface area contributed by atoms with E-state index in [1.807, 2.05) is 6.92 Å². The van der Waals surface area contributed by atoms with Crippen molar-refractivity contribution in [2.24, 2.45) is 0 Å². The van der Waals surface area contributed by atoms with Gasteiger partial charge in [0.1, 0.15) is 5.58 Å². The number of aromatic nitrogens is 2. The summed E-state index contributed by atoms with van der Waals surface area (Å²) in [5.41, 5.74) is 3.37. The summed E-state index contributed by atoms with van der Waals surface area (Å²) < 4.78 is 44.1. The summed E-state index contributed by atoms with van der Waals surface area (Å²) in [6.45, 7) is 3.48. The lowest BCUT2D eigenvalue weighted by Crippen LogP contribution is -2.32. The van der Waals surface area contributed by atoms with E-state index in [9.17, 15) is 18.0 Å². The third-order valence-electron chi connectivity index (χ3n) is 6.00. The normalized spacial score (nSPS) is 14.4. The quantitative estimate of drug-likeness (QED) is 0.367. The minimum Gasteiger partial charge on any atom is -0.464 e. The predicted octanol–water partition coefficient (Wildman–Crippen LogP) is 5.79. The first kappa shape index (κ1) is 22.6. The van der Waals surface area contributed by atoms with E-state index >= 15 is 0 Å². The molecule has 1 aliphatic heterocycles. The first-order valence-corrected chi connectivity index (χ1v) is 11.0. The Morgan fingerprint density at radius 3 is 2.68 bits per heavy atom. The number of fused-ring (bicyclic) bond motifs is 2. The van der Waals surface area contributed by atoms with Crippen LogP contribution in [0.15, 0.2) is 58.1 Å². The van der Waals surface area contributed by atoms with Gasteiger partial charge in [-0.05, 0) is 36.8 Å². The average molecular weight is 486 g/mol. The van der Waals surface area contributed by atoms with Crippen LogP contribution in [0.2, 0.25) is 5.02 Å². The Labute approximate surface area is 197 Å². The second kappa shape index (κ2) is 8.52. The van der Waals surface area contributed by atoms with E-state index in [1.54, 1.807) is 18.3 Å². The number of hydrogen-bond donors (Lipinski definition) is 0. The molecule has 3 heterocycles. The summed E-state index contributed by atoms with van der Waals surface area (Å²) in [6, 6.07) is 8.22. The summed E-state index contributed by atoms with van der Waals surface area (Å²) in [6.07, 6.45) is -0.549. The van der Waals surface area contributed by atoms with E-state index in [1.165, 1.54) is 18.4 Å². The monoisotopic (exact) mass is 485 g/mol. The molecule has 0 amide bonds. The third-order valence-corrected chi connectivity index (χ3v) is 6.41. The Hall–Kier alpha value is -3.23. The topological polar surface area (TPSA) is 59.2 Å². The van der Waals surface area contributed by atoms with E-state index < -0.39 is 11.7 Å². The molecule has 0 bridgehead atoms. The van der Waals surface area contributed by atoms with Crippen molar-refractivity contribution in [3.05, 3.63) is 92.1 Å². The van der Waals surface area contributed by atoms with Crippen molar-refractivity contribution in [2.45, 2.75) is 32.6 Å². The van der Waals surface area contributed by atoms with E-state index in [2.05, 4.69) is 14.9 Å². The molecular weight excluding hydrogens is 467 g/mol. The fraction of sp³-hybridized carbons (Fsp3) is 0.240. The highest BCUT2D eigenvalue weighted by Gasteiger charge is 2.30. The minimum atomic E-state index is -4.38. The highest BCUT2D eigenvalue weighted by Crippen LogP contribution is 2.31. The lowest BCUT2D eigenvalue weighted by Gasteiger charge is -2.27. The van der Waals surface area contributed by atoms with Crippen LogP contribution in [0.25, 0.3) is 22.4 Å². The second-order valence-electron chi connectivity index (χ2n) is 8.39. The number of nitrogens with zero attached hydrogens (tertiary/aromatic N) is 3. The largest absolute Gasteiger partial charge is 0.464 e. The first-order valence-electron chi connectivity index (χ1n) is 10.6. The van der Waals surface area contributed by atoms with Crippen molar-refractivity contribution < 1.29 is 17.6 Å². The summed E-state index contributed by atoms with van der Waals surface area (Å²) in [4.78, 5) is 24.0. The van der Waals surface area contributed by atoms with E-state index in [-0.39, 0.29) is 5.43 Å². The van der Waals surface area contributed by atoms with E-state index in [0.29, 0.717) is 59.0 Å². The van der Waals surface area contributed by atoms with Crippen LogP contribution in [-0.4, -0.2) is 21.4 Å². The average Bonchev–Trinajstić information content (AvgIpc) is 2.81. The van der Waals surface area contributed by atoms with Gasteiger partial charge in [-0.25, -0.2) is 9.97 Å². The Morgan fingerprint density at radius 1 is 1.18 bits per heavy atom. The van der Waals surface area contributed by atoms with Crippen LogP contribution in [0.1, 0.15) is 27.9 Å². The molecule has 0 radical (unpaired) electrons. The van der Waals surface area contributed by atoms with Gasteiger partial charge in [-0.2, -0.15) is 13.2 Å². The van der Waals surface area contributed by atoms with Crippen LogP contribution in [0, 0.1) is 6.92 Å². The fourth-order valence-corrected chi connectivity index (χ4v) is 4.26. The minimum absolute atomic E-state index is 0.108. The van der Waals surface area contributed by atoms with Gasteiger partial charge in [0.05, 0.1) is 22.9 Å². The Kier molecular flexibility index (Phi) is 5.65. The van der Waals surface area contributed by atoms with Crippen molar-refractivity contribution in [3.8, 4) is 11.4 Å². The predicted molar refractivity (Wildman–Crippen MR) is 123 cm³/mol. The Bertz CT molecular complexity index is 1450. The molecule has 5 rings (SSSR count). The molecule has 0 saturated heterocycles. The van der Waals surface area contributed by atoms with Crippen LogP contribution in [0.5, 0.6) is 0 Å². The molecule has 5 nitrogen and oxygen atoms in total. The number of aryl methyl sites for hydroxylation is 1. The molecular formula is C25H19ClF3N3O2. The van der Waals surface area contributed by atoms with Gasteiger partial charge in [0.2, 0.25) is 0 Å². The lowest BCUT2D eigenvalue weighted by molar-refractivity contribution is -0.137. The smallest absolute Gasteiger partial charge is 0.416 e. The highest BCUT2D eigenvalue weighted by atomic mass is 35.5. The molecule has 34 heavy (non-hydrogen) atoms. The molecule has 0 unspecified atom stereocenters. The van der Waals surface area contributed by atoms with E-state index in [0.717, 1.165) is 29.0 Å². The summed E-state index contributed by atoms with van der Waals surface area (Å²) in [5, 5.41) is 0.972. The molecule has 0 N–H and O–H groups in total. The number of rotatable bonds is 3. The number of alkyl halides is 3. The lowest BCUT2D eigenvalue weighted by atomic mass is 10.0. The number of halogens is 4. The molecule has 4 aromatic rings. The Morgan fingerprint density at radius 2 is 1.94 bits per heavy atom. The van der Waals surface area contributed by atoms with Crippen LogP contribution >= 0.6 is 11.6 Å². The van der Waals surface area contributed by atoms with Crippen molar-refractivity contribution in [1.29, 1.82) is 0 Å². The summed E-state index contributed by atoms with van der Waals surface area (Å²) in [7, 11) is 0. The summed E-state index contributed by atoms with van der Waals surface area (Å²) in [5.74, 6) is 0.392. The fourth-order valence-electron chi connectivity index (χ4n) is 4.10. The van der Waals surface area contributed by atoms with Gasteiger partial charge < -0.3 is 4.42 Å². The molecule has 9 heteroatoms. The first-order chi connectivity index (χ1) is 16.2. The molecule has 0 atom stereocenters. The van der Waals surface area contributed by atoms with Gasteiger partial charge in [0.25, 0.3) is 0 Å². The van der Waals surface area contributed by atoms with Crippen molar-refractivity contribution in [1.82, 2.24) is 14.9 Å². The van der Waals surface area contributed by atoms with Crippen LogP contribution < -0.4 is 5.43 Å². The standard InChI is InChI=1S/C25H19ClF3N3O2/c1-14-8-22-19(9-20(14)26)23(33)17(13-34-22)12-32-7-6-21-16(11-32)10-30-24(31-21)15-2-4-18(5-3-15)25(27,28)29/h2-5,8-10,13H,6-7,11-12H2,1H3. The van der Waals surface area contributed by atoms with Gasteiger partial charge >= 0.3 is 6.18 Å². The molecule has 0 aliphatic carbocycles. The summed E-state index contributed by atoms with van der Waals surface area (Å²) >= 11 is 6.19. The second-order valence-corrected chi connectivity index (χ2v) is 8.80. The molecule has 2 aromatic carbocycles. The zero-order valence-corrected chi connectivity index (χ0v) is 18.9. The third kappa shape index (κ3) is 4.31. The molecule has 2 aromatic heterocycles. The van der Waals surface area contributed by atoms with Gasteiger partial charge in [-0.15, -0.1) is 0 Å². The SMILES string of the molecule is Cc1cc2occ(CN3CCc4nc(-c5ccc(C(F)(F)F)cc5)ncc4C3)c(=O)c2cc1Cl. The zero-order valence-electron chi connectivity index (χ0n) is 18.1. The van der Waals surface area contributed by atoms with Crippen LogP contribution in [0.3, 0.4) is 0 Å². The van der Waals surface area contributed by atoms with Gasteiger partial charge in [0.15, 0.2) is 11.3 Å². The number of hydrogen-bond acceptors (Lipinski definition) is 5. The molecule has 1 aliphatic rings. The zero-order chi connectivity index (χ0) is 24.0. The molecule has 0 saturated carbocycles. The maximum Gasteiger partial charge on any atom is 0.416 e. The number of benzene rings is 2. The van der Waals surface area contributed by atoms with Gasteiger partial charge in [-0.1, -0.05) is 23.7 Å². The maximum absolute atomic E-state index is 13.0. The Balaban J connectivity index is 1.35. The van der Waals surface area contributed by atoms with Crippen molar-refractivity contribution in [3.63, 3.8) is 0 Å². The highest BCUT2D eigenvalue weighted by molar-refractivity contribution is 6.32. The molecule has 0 fully saturated rings. The van der Waals surface area contributed by atoms with E-state index in [4.69, 9.17) is 16.0 Å². The maximum atomic E-state index is 13.0. The van der Waals surface area contributed by atoms with Crippen molar-refractivity contribution >= 4 is 22.6 Å².